The summed E-state index contributed by atoms with van der Waals surface area (Å²) in [5, 5.41) is 4.83. The lowest BCUT2D eigenvalue weighted by atomic mass is 9.99. The SMILES string of the molecule is c1ccc(N(c2ccc(-c3ccc4c(c3)sc3cccc(N(c5ccccc5)c5ccccc5)c34)cc2)c2ccc(-c3cccc4oc5ccccc5c34)cc2)cc1. The molecule has 0 saturated heterocycles. The second-order valence-corrected chi connectivity index (χ2v) is 15.6. The molecule has 274 valence electrons. The van der Waals surface area contributed by atoms with Gasteiger partial charge in [-0.2, -0.15) is 0 Å². The fourth-order valence-electron chi connectivity index (χ4n) is 8.39. The van der Waals surface area contributed by atoms with Crippen LogP contribution in [-0.2, 0) is 0 Å². The lowest BCUT2D eigenvalue weighted by Crippen LogP contribution is -2.09. The van der Waals surface area contributed by atoms with Gasteiger partial charge in [0.25, 0.3) is 0 Å². The Balaban J connectivity index is 0.945. The number of hydrogen-bond donors (Lipinski definition) is 0. The van der Waals surface area contributed by atoms with Crippen LogP contribution in [0.5, 0.6) is 0 Å². The first-order valence-corrected chi connectivity index (χ1v) is 20.4. The maximum absolute atomic E-state index is 6.20. The average molecular weight is 761 g/mol. The number of nitrogens with zero attached hydrogens (tertiary/aromatic N) is 2. The van der Waals surface area contributed by atoms with E-state index in [-0.39, 0.29) is 0 Å². The second-order valence-electron chi connectivity index (χ2n) is 14.5. The number of rotatable bonds is 8. The molecule has 0 unspecified atom stereocenters. The zero-order valence-corrected chi connectivity index (χ0v) is 32.3. The van der Waals surface area contributed by atoms with E-state index in [1.54, 1.807) is 0 Å². The molecule has 0 aliphatic carbocycles. The second kappa shape index (κ2) is 14.3. The van der Waals surface area contributed by atoms with Crippen LogP contribution in [0.4, 0.5) is 34.1 Å². The summed E-state index contributed by atoms with van der Waals surface area (Å²) in [5.74, 6) is 0. The van der Waals surface area contributed by atoms with Gasteiger partial charge in [-0.25, -0.2) is 0 Å². The molecule has 0 bridgehead atoms. The largest absolute Gasteiger partial charge is 0.456 e. The van der Waals surface area contributed by atoms with E-state index >= 15 is 0 Å². The third-order valence-electron chi connectivity index (χ3n) is 11.1. The van der Waals surface area contributed by atoms with Gasteiger partial charge >= 0.3 is 0 Å². The highest BCUT2D eigenvalue weighted by molar-refractivity contribution is 7.26. The lowest BCUT2D eigenvalue weighted by molar-refractivity contribution is 0.669. The molecule has 2 aromatic heterocycles. The summed E-state index contributed by atoms with van der Waals surface area (Å²) in [6.45, 7) is 0. The minimum atomic E-state index is 0.905. The van der Waals surface area contributed by atoms with E-state index in [1.165, 1.54) is 42.6 Å². The quantitative estimate of drug-likeness (QED) is 0.154. The lowest BCUT2D eigenvalue weighted by Gasteiger charge is -2.26. The molecule has 0 aliphatic heterocycles. The summed E-state index contributed by atoms with van der Waals surface area (Å²) in [5.41, 5.74) is 13.3. The Morgan fingerprint density at radius 3 is 1.53 bits per heavy atom. The number of furan rings is 1. The zero-order valence-electron chi connectivity index (χ0n) is 31.5. The van der Waals surface area contributed by atoms with Crippen molar-refractivity contribution in [2.75, 3.05) is 9.80 Å². The summed E-state index contributed by atoms with van der Waals surface area (Å²) in [7, 11) is 0. The standard InChI is InChI=1S/C54H36N2OS/c1-4-14-40(15-5-1)55(44-33-28-38(29-34-44)45-21-12-24-50-53(45)46-20-10-11-23-49(46)57-50)43-31-26-37(27-32-43)39-30-35-47-52(36-39)58-51-25-13-22-48(54(47)51)56(41-16-6-2-7-17-41)42-18-8-3-9-19-42/h1-36H. The van der Waals surface area contributed by atoms with Gasteiger partial charge in [-0.3, -0.25) is 0 Å². The number of thiophene rings is 1. The Labute approximate surface area is 340 Å². The van der Waals surface area contributed by atoms with Gasteiger partial charge in [0.15, 0.2) is 0 Å². The Bertz CT molecular complexity index is 3170. The van der Waals surface area contributed by atoms with Crippen LogP contribution in [0, 0.1) is 0 Å². The highest BCUT2D eigenvalue weighted by atomic mass is 32.1. The molecule has 0 aliphatic rings. The van der Waals surface area contributed by atoms with Crippen LogP contribution in [-0.4, -0.2) is 0 Å². The van der Waals surface area contributed by atoms with Crippen LogP contribution < -0.4 is 9.80 Å². The van der Waals surface area contributed by atoms with Crippen LogP contribution >= 0.6 is 11.3 Å². The number of para-hydroxylation sites is 4. The third-order valence-corrected chi connectivity index (χ3v) is 12.2. The first-order valence-electron chi connectivity index (χ1n) is 19.6. The smallest absolute Gasteiger partial charge is 0.136 e. The maximum Gasteiger partial charge on any atom is 0.136 e. The van der Waals surface area contributed by atoms with E-state index in [1.807, 2.05) is 23.5 Å². The van der Waals surface area contributed by atoms with Crippen molar-refractivity contribution < 1.29 is 4.42 Å². The molecule has 2 heterocycles. The van der Waals surface area contributed by atoms with Crippen molar-refractivity contribution in [3.63, 3.8) is 0 Å². The Morgan fingerprint density at radius 2 is 0.862 bits per heavy atom. The van der Waals surface area contributed by atoms with Crippen molar-refractivity contribution in [2.24, 2.45) is 0 Å². The zero-order chi connectivity index (χ0) is 38.4. The maximum atomic E-state index is 6.20. The van der Waals surface area contributed by atoms with Crippen molar-refractivity contribution in [3.05, 3.63) is 218 Å². The minimum absolute atomic E-state index is 0.905. The minimum Gasteiger partial charge on any atom is -0.456 e. The van der Waals surface area contributed by atoms with Crippen LogP contribution in [0.3, 0.4) is 0 Å². The first-order chi connectivity index (χ1) is 28.8. The van der Waals surface area contributed by atoms with Gasteiger partial charge in [0.2, 0.25) is 0 Å². The molecule has 0 N–H and O–H groups in total. The van der Waals surface area contributed by atoms with Gasteiger partial charge in [-0.05, 0) is 113 Å². The van der Waals surface area contributed by atoms with Crippen LogP contribution in [0.2, 0.25) is 0 Å². The molecule has 0 radical (unpaired) electrons. The van der Waals surface area contributed by atoms with Crippen molar-refractivity contribution in [3.8, 4) is 22.3 Å². The molecule has 0 atom stereocenters. The van der Waals surface area contributed by atoms with Gasteiger partial charge in [0.1, 0.15) is 11.2 Å². The molecule has 0 fully saturated rings. The van der Waals surface area contributed by atoms with Gasteiger partial charge in [-0.1, -0.05) is 127 Å². The molecule has 11 aromatic rings. The van der Waals surface area contributed by atoms with Crippen molar-refractivity contribution in [1.29, 1.82) is 0 Å². The molecular formula is C54H36N2OS. The van der Waals surface area contributed by atoms with E-state index in [9.17, 15) is 0 Å². The van der Waals surface area contributed by atoms with Crippen LogP contribution in [0.25, 0.3) is 64.4 Å². The number of anilines is 6. The van der Waals surface area contributed by atoms with E-state index in [4.69, 9.17) is 4.42 Å². The van der Waals surface area contributed by atoms with Gasteiger partial charge in [0.05, 0.1) is 5.69 Å². The Morgan fingerprint density at radius 1 is 0.328 bits per heavy atom. The van der Waals surface area contributed by atoms with Gasteiger partial charge in [0, 0.05) is 59.4 Å². The van der Waals surface area contributed by atoms with Crippen molar-refractivity contribution in [1.82, 2.24) is 0 Å². The third kappa shape index (κ3) is 5.90. The predicted molar refractivity (Wildman–Crippen MR) is 247 cm³/mol. The molecular weight excluding hydrogens is 725 g/mol. The molecule has 0 spiro atoms. The number of fused-ring (bicyclic) bond motifs is 6. The molecule has 0 saturated carbocycles. The molecule has 3 nitrogen and oxygen atoms in total. The molecule has 4 heteroatoms. The predicted octanol–water partition coefficient (Wildman–Crippen LogP) is 16.2. The van der Waals surface area contributed by atoms with Crippen LogP contribution in [0.1, 0.15) is 0 Å². The van der Waals surface area contributed by atoms with Crippen molar-refractivity contribution >= 4 is 87.6 Å². The van der Waals surface area contributed by atoms with Gasteiger partial charge in [-0.15, -0.1) is 11.3 Å². The van der Waals surface area contributed by atoms with Gasteiger partial charge < -0.3 is 14.2 Å². The van der Waals surface area contributed by atoms with E-state index in [2.05, 4.69) is 216 Å². The van der Waals surface area contributed by atoms with E-state index < -0.39 is 0 Å². The normalized spacial score (nSPS) is 11.4. The van der Waals surface area contributed by atoms with E-state index in [0.29, 0.717) is 0 Å². The monoisotopic (exact) mass is 760 g/mol. The van der Waals surface area contributed by atoms with Crippen LogP contribution in [0.15, 0.2) is 223 Å². The molecule has 11 rings (SSSR count). The van der Waals surface area contributed by atoms with Crippen molar-refractivity contribution in [2.45, 2.75) is 0 Å². The first kappa shape index (κ1) is 33.9. The highest BCUT2D eigenvalue weighted by Crippen LogP contribution is 2.46. The van der Waals surface area contributed by atoms with E-state index in [0.717, 1.165) is 55.9 Å². The summed E-state index contributed by atoms with van der Waals surface area (Å²) in [6.07, 6.45) is 0. The summed E-state index contributed by atoms with van der Waals surface area (Å²) >= 11 is 1.86. The molecule has 9 aromatic carbocycles. The Hall–Kier alpha value is -7.40. The number of hydrogen-bond acceptors (Lipinski definition) is 4. The average Bonchev–Trinajstić information content (AvgIpc) is 3.87. The fraction of sp³-hybridized carbons (Fsp3) is 0. The summed E-state index contributed by atoms with van der Waals surface area (Å²) in [6, 6.07) is 77.9. The highest BCUT2D eigenvalue weighted by Gasteiger charge is 2.19. The summed E-state index contributed by atoms with van der Waals surface area (Å²) in [4.78, 5) is 4.69. The topological polar surface area (TPSA) is 19.6 Å². The summed E-state index contributed by atoms with van der Waals surface area (Å²) < 4.78 is 8.75. The molecule has 58 heavy (non-hydrogen) atoms. The number of benzene rings is 9. The Kier molecular flexibility index (Phi) is 8.34. The fourth-order valence-corrected chi connectivity index (χ4v) is 9.55. The molecule has 0 amide bonds.